The molecule has 2 aromatic carbocycles. The standard InChI is InChI=1S/C25H36N2O3S/c28-22-14-13-21(25-24(22)27-19-31-25)23(29)18-26-15-7-1-2-8-16-30-17-9-6-12-20-10-4-3-5-11-20/h3-5,10-11,13-14,23,26-29H,1-2,6-9,12,15-19H2. The van der Waals surface area contributed by atoms with Gasteiger partial charge in [0.2, 0.25) is 0 Å². The van der Waals surface area contributed by atoms with Crippen LogP contribution in [0.1, 0.15) is 55.8 Å². The Morgan fingerprint density at radius 2 is 1.74 bits per heavy atom. The number of aromatic hydroxyl groups is 1. The SMILES string of the molecule is Oc1ccc(C(O)CNCCCCCCOCCCCc2ccccc2)c2c1NCS2. The first-order valence-electron chi connectivity index (χ1n) is 11.5. The smallest absolute Gasteiger partial charge is 0.139 e. The maximum Gasteiger partial charge on any atom is 0.139 e. The number of aryl methyl sites for hydroxylation is 1. The molecule has 0 spiro atoms. The molecule has 1 unspecified atom stereocenters. The van der Waals surface area contributed by atoms with Crippen LogP contribution in [0, 0.1) is 0 Å². The van der Waals surface area contributed by atoms with E-state index in [-0.39, 0.29) is 5.75 Å². The molecule has 5 nitrogen and oxygen atoms in total. The highest BCUT2D eigenvalue weighted by atomic mass is 32.2. The summed E-state index contributed by atoms with van der Waals surface area (Å²) in [6.07, 6.45) is 7.47. The van der Waals surface area contributed by atoms with Gasteiger partial charge in [0.05, 0.1) is 17.7 Å². The molecule has 0 aliphatic carbocycles. The Morgan fingerprint density at radius 1 is 0.968 bits per heavy atom. The van der Waals surface area contributed by atoms with Crippen molar-refractivity contribution in [3.05, 3.63) is 53.6 Å². The van der Waals surface area contributed by atoms with Gasteiger partial charge in [-0.3, -0.25) is 0 Å². The highest BCUT2D eigenvalue weighted by molar-refractivity contribution is 8.00. The molecule has 0 saturated heterocycles. The van der Waals surface area contributed by atoms with Crippen molar-refractivity contribution in [3.8, 4) is 5.75 Å². The number of phenols is 1. The third-order valence-electron chi connectivity index (χ3n) is 5.57. The number of ether oxygens (including phenoxy) is 1. The van der Waals surface area contributed by atoms with Gasteiger partial charge in [0, 0.05) is 24.7 Å². The minimum atomic E-state index is -0.558. The Balaban J connectivity index is 1.14. The van der Waals surface area contributed by atoms with Crippen LogP contribution in [-0.2, 0) is 11.2 Å². The first kappa shape index (κ1) is 23.9. The third kappa shape index (κ3) is 8.04. The molecule has 0 radical (unpaired) electrons. The van der Waals surface area contributed by atoms with Gasteiger partial charge < -0.3 is 25.6 Å². The Morgan fingerprint density at radius 3 is 2.58 bits per heavy atom. The van der Waals surface area contributed by atoms with Gasteiger partial charge in [-0.2, -0.15) is 0 Å². The number of fused-ring (bicyclic) bond motifs is 1. The average molecular weight is 445 g/mol. The van der Waals surface area contributed by atoms with Gasteiger partial charge in [-0.1, -0.05) is 49.2 Å². The number of hydrogen-bond acceptors (Lipinski definition) is 6. The summed E-state index contributed by atoms with van der Waals surface area (Å²) in [6.45, 7) is 3.16. The number of aliphatic hydroxyl groups excluding tert-OH is 1. The fraction of sp³-hybridized carbons (Fsp3) is 0.520. The second-order valence-corrected chi connectivity index (χ2v) is 9.02. The molecule has 4 N–H and O–H groups in total. The summed E-state index contributed by atoms with van der Waals surface area (Å²) in [7, 11) is 0. The maximum atomic E-state index is 10.5. The van der Waals surface area contributed by atoms with Crippen LogP contribution >= 0.6 is 11.8 Å². The second-order valence-electron chi connectivity index (χ2n) is 8.03. The van der Waals surface area contributed by atoms with Crippen LogP contribution in [0.5, 0.6) is 5.75 Å². The molecule has 170 valence electrons. The minimum absolute atomic E-state index is 0.250. The lowest BCUT2D eigenvalue weighted by Gasteiger charge is -2.15. The molecule has 0 fully saturated rings. The monoisotopic (exact) mass is 444 g/mol. The third-order valence-corrected chi connectivity index (χ3v) is 6.58. The molecule has 0 aromatic heterocycles. The summed E-state index contributed by atoms with van der Waals surface area (Å²) in [6, 6.07) is 14.1. The highest BCUT2D eigenvalue weighted by Gasteiger charge is 2.22. The van der Waals surface area contributed by atoms with Crippen LogP contribution in [0.15, 0.2) is 47.4 Å². The van der Waals surface area contributed by atoms with E-state index in [2.05, 4.69) is 41.0 Å². The first-order valence-corrected chi connectivity index (χ1v) is 12.5. The first-order chi connectivity index (χ1) is 15.3. The van der Waals surface area contributed by atoms with Gasteiger partial charge in [-0.05, 0) is 55.8 Å². The van der Waals surface area contributed by atoms with E-state index in [4.69, 9.17) is 4.74 Å². The lowest BCUT2D eigenvalue weighted by atomic mass is 10.1. The van der Waals surface area contributed by atoms with E-state index in [0.29, 0.717) is 6.54 Å². The molecule has 1 aliphatic heterocycles. The summed E-state index contributed by atoms with van der Waals surface area (Å²) >= 11 is 1.63. The quantitative estimate of drug-likeness (QED) is 0.226. The van der Waals surface area contributed by atoms with Gasteiger partial charge in [-0.15, -0.1) is 11.8 Å². The molecule has 0 saturated carbocycles. The Labute approximate surface area is 190 Å². The van der Waals surface area contributed by atoms with Crippen LogP contribution in [0.25, 0.3) is 0 Å². The number of anilines is 1. The molecular formula is C25H36N2O3S. The lowest BCUT2D eigenvalue weighted by Crippen LogP contribution is -2.22. The summed E-state index contributed by atoms with van der Waals surface area (Å²) in [5, 5.41) is 26.9. The van der Waals surface area contributed by atoms with Gasteiger partial charge in [0.1, 0.15) is 5.75 Å². The van der Waals surface area contributed by atoms with E-state index in [0.717, 1.165) is 67.5 Å². The largest absolute Gasteiger partial charge is 0.506 e. The van der Waals surface area contributed by atoms with Crippen molar-refractivity contribution in [2.75, 3.05) is 37.5 Å². The van der Waals surface area contributed by atoms with Crippen molar-refractivity contribution in [2.24, 2.45) is 0 Å². The van der Waals surface area contributed by atoms with Crippen LogP contribution in [0.2, 0.25) is 0 Å². The number of rotatable bonds is 15. The van der Waals surface area contributed by atoms with Gasteiger partial charge in [0.15, 0.2) is 0 Å². The molecule has 0 amide bonds. The van der Waals surface area contributed by atoms with E-state index < -0.39 is 6.10 Å². The number of hydrogen-bond donors (Lipinski definition) is 4. The number of phenolic OH excluding ortho intramolecular Hbond substituents is 1. The second kappa shape index (κ2) is 13.6. The molecule has 6 heteroatoms. The molecule has 1 heterocycles. The summed E-state index contributed by atoms with van der Waals surface area (Å²) in [5.41, 5.74) is 3.04. The van der Waals surface area contributed by atoms with Crippen LogP contribution in [0.3, 0.4) is 0 Å². The predicted molar refractivity (Wildman–Crippen MR) is 129 cm³/mol. The summed E-state index contributed by atoms with van der Waals surface area (Å²) in [4.78, 5) is 0.967. The molecule has 2 aromatic rings. The summed E-state index contributed by atoms with van der Waals surface area (Å²) in [5.74, 6) is 0.984. The van der Waals surface area contributed by atoms with Crippen molar-refractivity contribution in [1.82, 2.24) is 5.32 Å². The van der Waals surface area contributed by atoms with E-state index in [1.54, 1.807) is 17.8 Å². The number of unbranched alkanes of at least 4 members (excludes halogenated alkanes) is 4. The lowest BCUT2D eigenvalue weighted by molar-refractivity contribution is 0.126. The fourth-order valence-electron chi connectivity index (χ4n) is 3.79. The molecular weight excluding hydrogens is 408 g/mol. The van der Waals surface area contributed by atoms with Gasteiger partial charge >= 0.3 is 0 Å². The van der Waals surface area contributed by atoms with Crippen molar-refractivity contribution in [3.63, 3.8) is 0 Å². The van der Waals surface area contributed by atoms with Crippen LogP contribution < -0.4 is 10.6 Å². The zero-order valence-electron chi connectivity index (χ0n) is 18.3. The normalized spacial score (nSPS) is 13.7. The topological polar surface area (TPSA) is 73.8 Å². The van der Waals surface area contributed by atoms with Crippen molar-refractivity contribution in [1.29, 1.82) is 0 Å². The van der Waals surface area contributed by atoms with Gasteiger partial charge in [-0.25, -0.2) is 0 Å². The zero-order chi connectivity index (χ0) is 21.7. The number of thioether (sulfide) groups is 1. The maximum absolute atomic E-state index is 10.5. The Hall–Kier alpha value is -1.73. The molecule has 1 atom stereocenters. The molecule has 3 rings (SSSR count). The molecule has 1 aliphatic rings. The van der Waals surface area contributed by atoms with E-state index >= 15 is 0 Å². The Bertz CT molecular complexity index is 773. The van der Waals surface area contributed by atoms with E-state index in [1.165, 1.54) is 24.8 Å². The number of benzene rings is 2. The van der Waals surface area contributed by atoms with Gasteiger partial charge in [0.25, 0.3) is 0 Å². The minimum Gasteiger partial charge on any atom is -0.506 e. The van der Waals surface area contributed by atoms with Crippen LogP contribution in [-0.4, -0.2) is 42.4 Å². The van der Waals surface area contributed by atoms with Crippen molar-refractivity contribution in [2.45, 2.75) is 55.9 Å². The molecule has 0 bridgehead atoms. The predicted octanol–water partition coefficient (Wildman–Crippen LogP) is 5.09. The number of aliphatic hydroxyl groups is 1. The highest BCUT2D eigenvalue weighted by Crippen LogP contribution is 2.44. The number of nitrogens with one attached hydrogen (secondary N) is 2. The van der Waals surface area contributed by atoms with Crippen molar-refractivity contribution < 1.29 is 14.9 Å². The Kier molecular flexibility index (Phi) is 10.5. The zero-order valence-corrected chi connectivity index (χ0v) is 19.1. The average Bonchev–Trinajstić information content (AvgIpc) is 3.28. The van der Waals surface area contributed by atoms with E-state index in [1.807, 2.05) is 6.07 Å². The van der Waals surface area contributed by atoms with Crippen LogP contribution in [0.4, 0.5) is 5.69 Å². The summed E-state index contributed by atoms with van der Waals surface area (Å²) < 4.78 is 5.75. The molecule has 31 heavy (non-hydrogen) atoms. The fourth-order valence-corrected chi connectivity index (χ4v) is 4.85. The van der Waals surface area contributed by atoms with Crippen molar-refractivity contribution >= 4 is 17.4 Å². The van der Waals surface area contributed by atoms with E-state index in [9.17, 15) is 10.2 Å².